The van der Waals surface area contributed by atoms with Gasteiger partial charge in [-0.05, 0) is 17.7 Å². The minimum absolute atomic E-state index is 0.0277. The molecular weight excluding hydrogens is 182 g/mol. The quantitative estimate of drug-likeness (QED) is 0.574. The maximum atomic E-state index is 12.5. The van der Waals surface area contributed by atoms with Crippen LogP contribution in [0.25, 0.3) is 0 Å². The largest absolute Gasteiger partial charge is 0.392 e. The minimum Gasteiger partial charge on any atom is -0.392 e. The normalized spacial score (nSPS) is 11.0. The molecule has 1 rings (SSSR count). The van der Waals surface area contributed by atoms with Gasteiger partial charge in [0.15, 0.2) is 0 Å². The van der Waals surface area contributed by atoms with Crippen LogP contribution < -0.4 is 0 Å². The van der Waals surface area contributed by atoms with Gasteiger partial charge in [0.2, 0.25) is 0 Å². The molecule has 0 bridgehead atoms. The van der Waals surface area contributed by atoms with Crippen molar-refractivity contribution < 1.29 is 14.2 Å². The van der Waals surface area contributed by atoms with Gasteiger partial charge in [0.05, 0.1) is 19.8 Å². The summed E-state index contributed by atoms with van der Waals surface area (Å²) in [7, 11) is 0. The summed E-state index contributed by atoms with van der Waals surface area (Å²) < 4.78 is 17.7. The molecule has 0 radical (unpaired) electrons. The summed E-state index contributed by atoms with van der Waals surface area (Å²) in [5.74, 6) is -0.242. The highest BCUT2D eigenvalue weighted by Crippen LogP contribution is 2.03. The van der Waals surface area contributed by atoms with Crippen LogP contribution in [0.2, 0.25) is 0 Å². The highest BCUT2D eigenvalue weighted by atomic mass is 18.2. The lowest BCUT2D eigenvalue weighted by molar-refractivity contribution is 0.148. The lowest BCUT2D eigenvalue weighted by Gasteiger charge is -2.00. The second-order valence-electron chi connectivity index (χ2n) is 2.80. The minimum atomic E-state index is -0.242. The number of halogens is 1. The van der Waals surface area contributed by atoms with Gasteiger partial charge in [-0.15, -0.1) is 0 Å². The van der Waals surface area contributed by atoms with Crippen LogP contribution in [0.15, 0.2) is 36.4 Å². The maximum Gasteiger partial charge on any atom is 0.123 e. The maximum absolute atomic E-state index is 12.5. The molecule has 0 amide bonds. The summed E-state index contributed by atoms with van der Waals surface area (Å²) in [5, 5.41) is 8.43. The first kappa shape index (κ1) is 10.9. The Bertz CT molecular complexity index is 280. The lowest BCUT2D eigenvalue weighted by atomic mass is 10.2. The number of hydrogen-bond donors (Lipinski definition) is 1. The highest BCUT2D eigenvalue weighted by Gasteiger charge is 1.92. The van der Waals surface area contributed by atoms with Gasteiger partial charge in [-0.25, -0.2) is 4.39 Å². The third kappa shape index (κ3) is 4.16. The van der Waals surface area contributed by atoms with Crippen molar-refractivity contribution in [3.63, 3.8) is 0 Å². The van der Waals surface area contributed by atoms with Crippen LogP contribution in [0.3, 0.4) is 0 Å². The first-order chi connectivity index (χ1) is 6.83. The van der Waals surface area contributed by atoms with Crippen molar-refractivity contribution in [3.05, 3.63) is 47.8 Å². The van der Waals surface area contributed by atoms with E-state index in [4.69, 9.17) is 9.84 Å². The van der Waals surface area contributed by atoms with Gasteiger partial charge in [-0.2, -0.15) is 0 Å². The third-order valence-electron chi connectivity index (χ3n) is 1.67. The number of aliphatic hydroxyl groups excluding tert-OH is 1. The monoisotopic (exact) mass is 195 g/mol. The van der Waals surface area contributed by atoms with Crippen molar-refractivity contribution in [2.45, 2.75) is 6.61 Å². The van der Waals surface area contributed by atoms with E-state index in [1.807, 2.05) is 0 Å². The van der Waals surface area contributed by atoms with Crippen molar-refractivity contribution in [3.8, 4) is 0 Å². The molecule has 1 N–H and O–H groups in total. The Morgan fingerprint density at radius 3 is 2.57 bits per heavy atom. The number of aliphatic hydroxyl groups is 1. The van der Waals surface area contributed by atoms with Gasteiger partial charge in [-0.1, -0.05) is 24.3 Å². The number of ether oxygens (including phenoxy) is 1. The van der Waals surface area contributed by atoms with Gasteiger partial charge < -0.3 is 9.84 Å². The van der Waals surface area contributed by atoms with Gasteiger partial charge in [-0.3, -0.25) is 0 Å². The second-order valence-corrected chi connectivity index (χ2v) is 2.80. The molecule has 14 heavy (non-hydrogen) atoms. The van der Waals surface area contributed by atoms with E-state index in [2.05, 4.69) is 0 Å². The first-order valence-corrected chi connectivity index (χ1v) is 4.41. The third-order valence-corrected chi connectivity index (χ3v) is 1.67. The Morgan fingerprint density at radius 1 is 1.21 bits per heavy atom. The van der Waals surface area contributed by atoms with Crippen LogP contribution in [0.5, 0.6) is 0 Å². The van der Waals surface area contributed by atoms with E-state index in [-0.39, 0.29) is 12.4 Å². The molecule has 0 atom stereocenters. The number of rotatable bonds is 5. The smallest absolute Gasteiger partial charge is 0.123 e. The van der Waals surface area contributed by atoms with E-state index >= 15 is 0 Å². The predicted octanol–water partition coefficient (Wildman–Crippen LogP) is 1.89. The van der Waals surface area contributed by atoms with E-state index in [9.17, 15) is 4.39 Å². The molecule has 0 unspecified atom stereocenters. The highest BCUT2D eigenvalue weighted by molar-refractivity contribution is 5.14. The molecule has 0 aliphatic carbocycles. The molecule has 0 saturated heterocycles. The van der Waals surface area contributed by atoms with Crippen LogP contribution in [-0.4, -0.2) is 18.3 Å². The molecule has 0 aliphatic rings. The summed E-state index contributed by atoms with van der Waals surface area (Å²) in [4.78, 5) is 0. The van der Waals surface area contributed by atoms with Crippen molar-refractivity contribution in [1.29, 1.82) is 0 Å². The van der Waals surface area contributed by atoms with Crippen molar-refractivity contribution >= 4 is 0 Å². The second kappa shape index (κ2) is 6.29. The van der Waals surface area contributed by atoms with Crippen LogP contribution in [-0.2, 0) is 11.3 Å². The Hall–Kier alpha value is -1.19. The zero-order valence-electron chi connectivity index (χ0n) is 7.82. The van der Waals surface area contributed by atoms with Gasteiger partial charge in [0.1, 0.15) is 5.82 Å². The molecule has 0 heterocycles. The van der Waals surface area contributed by atoms with E-state index in [1.165, 1.54) is 12.1 Å². The summed E-state index contributed by atoms with van der Waals surface area (Å²) in [6.07, 6.45) is 3.36. The fourth-order valence-electron chi connectivity index (χ4n) is 0.968. The van der Waals surface area contributed by atoms with Crippen molar-refractivity contribution in [2.75, 3.05) is 13.2 Å². The fourth-order valence-corrected chi connectivity index (χ4v) is 0.968. The van der Waals surface area contributed by atoms with Gasteiger partial charge in [0.25, 0.3) is 0 Å². The molecule has 0 aromatic heterocycles. The average molecular weight is 195 g/mol. The van der Waals surface area contributed by atoms with E-state index in [0.717, 1.165) is 5.56 Å². The molecule has 0 fully saturated rings. The van der Waals surface area contributed by atoms with Crippen molar-refractivity contribution in [2.24, 2.45) is 0 Å². The average Bonchev–Trinajstić information content (AvgIpc) is 2.21. The lowest BCUT2D eigenvalue weighted by Crippen LogP contribution is -1.93. The zero-order chi connectivity index (χ0) is 10.2. The van der Waals surface area contributed by atoms with Gasteiger partial charge >= 0.3 is 0 Å². The Labute approximate surface area is 82.6 Å². The van der Waals surface area contributed by atoms with E-state index in [1.54, 1.807) is 24.3 Å². The van der Waals surface area contributed by atoms with Gasteiger partial charge in [0, 0.05) is 0 Å². The van der Waals surface area contributed by atoms with E-state index in [0.29, 0.717) is 13.2 Å². The summed E-state index contributed by atoms with van der Waals surface area (Å²) in [5.41, 5.74) is 0.934. The summed E-state index contributed by atoms with van der Waals surface area (Å²) in [6, 6.07) is 6.18. The summed E-state index contributed by atoms with van der Waals surface area (Å²) >= 11 is 0. The molecule has 1 aromatic carbocycles. The summed E-state index contributed by atoms with van der Waals surface area (Å²) in [6.45, 7) is 0.938. The molecule has 2 nitrogen and oxygen atoms in total. The molecule has 3 heteroatoms. The first-order valence-electron chi connectivity index (χ1n) is 4.41. The van der Waals surface area contributed by atoms with Crippen LogP contribution in [0.1, 0.15) is 5.56 Å². The standard InChI is InChI=1S/C11H13FO2/c12-11-5-3-10(4-6-11)9-14-8-2-1-7-13/h1-6,13H,7-9H2/b2-1-/i12-1. The fraction of sp³-hybridized carbons (Fsp3) is 0.273. The van der Waals surface area contributed by atoms with Crippen LogP contribution in [0, 0.1) is 5.82 Å². The molecule has 0 aliphatic heterocycles. The Balaban J connectivity index is 2.25. The predicted molar refractivity (Wildman–Crippen MR) is 52.3 cm³/mol. The van der Waals surface area contributed by atoms with Crippen LogP contribution >= 0.6 is 0 Å². The number of benzene rings is 1. The molecular formula is C11H13FO2. The Morgan fingerprint density at radius 2 is 1.93 bits per heavy atom. The van der Waals surface area contributed by atoms with E-state index < -0.39 is 0 Å². The topological polar surface area (TPSA) is 29.5 Å². The zero-order valence-corrected chi connectivity index (χ0v) is 7.82. The number of hydrogen-bond acceptors (Lipinski definition) is 2. The molecule has 0 spiro atoms. The Kier molecular flexibility index (Phi) is 4.89. The molecule has 76 valence electrons. The van der Waals surface area contributed by atoms with Crippen LogP contribution in [0.4, 0.5) is 4.39 Å². The molecule has 1 aromatic rings. The molecule has 0 saturated carbocycles. The SMILES string of the molecule is OC/C=C\COCc1ccc([18F])cc1. The van der Waals surface area contributed by atoms with Crippen molar-refractivity contribution in [1.82, 2.24) is 0 Å².